The molecule has 1 heterocycles. The summed E-state index contributed by atoms with van der Waals surface area (Å²) in [6.45, 7) is 2.53. The largest absolute Gasteiger partial charge is 0.477 e. The van der Waals surface area contributed by atoms with Crippen molar-refractivity contribution in [3.8, 4) is 0 Å². The maximum Gasteiger partial charge on any atom is 0.341 e. The lowest BCUT2D eigenvalue weighted by atomic mass is 10.0. The highest BCUT2D eigenvalue weighted by Gasteiger charge is 2.15. The Labute approximate surface area is 113 Å². The monoisotopic (exact) mass is 263 g/mol. The molecule has 1 aromatic heterocycles. The molecular weight excluding hydrogens is 242 g/mol. The molecule has 0 radical (unpaired) electrons. The molecule has 1 fully saturated rings. The van der Waals surface area contributed by atoms with E-state index < -0.39 is 5.97 Å². The first kappa shape index (κ1) is 13.8. The minimum absolute atomic E-state index is 0.145. The number of nitrogens with zero attached hydrogens (tertiary/aromatic N) is 2. The van der Waals surface area contributed by atoms with Gasteiger partial charge in [0.15, 0.2) is 0 Å². The molecule has 0 aromatic carbocycles. The number of aromatic carboxylic acids is 1. The van der Waals surface area contributed by atoms with Crippen LogP contribution in [0.15, 0.2) is 6.20 Å². The Kier molecular flexibility index (Phi) is 4.71. The molecule has 1 aromatic rings. The number of hydrogen-bond donors (Lipinski definition) is 2. The standard InChI is InChI=1S/C14H21N3O2/c1-10-16-9-12(14(18)19)13(17-10)15-8-4-7-11-5-2-3-6-11/h9,11H,2-8H2,1H3,(H,18,19)(H,15,16,17). The van der Waals surface area contributed by atoms with Gasteiger partial charge < -0.3 is 10.4 Å². The lowest BCUT2D eigenvalue weighted by Crippen LogP contribution is -2.12. The van der Waals surface area contributed by atoms with E-state index in [4.69, 9.17) is 5.11 Å². The Morgan fingerprint density at radius 3 is 2.89 bits per heavy atom. The van der Waals surface area contributed by atoms with E-state index in [1.54, 1.807) is 6.92 Å². The van der Waals surface area contributed by atoms with Crippen LogP contribution < -0.4 is 5.32 Å². The van der Waals surface area contributed by atoms with E-state index in [0.29, 0.717) is 11.6 Å². The molecule has 2 N–H and O–H groups in total. The second-order valence-corrected chi connectivity index (χ2v) is 5.20. The Morgan fingerprint density at radius 1 is 1.47 bits per heavy atom. The van der Waals surface area contributed by atoms with Crippen molar-refractivity contribution in [2.75, 3.05) is 11.9 Å². The fourth-order valence-corrected chi connectivity index (χ4v) is 2.66. The summed E-state index contributed by atoms with van der Waals surface area (Å²) in [4.78, 5) is 19.1. The van der Waals surface area contributed by atoms with Crippen LogP contribution in [0, 0.1) is 12.8 Å². The van der Waals surface area contributed by atoms with Crippen LogP contribution in [0.1, 0.15) is 54.7 Å². The molecular formula is C14H21N3O2. The molecule has 1 aliphatic rings. The van der Waals surface area contributed by atoms with Gasteiger partial charge in [-0.15, -0.1) is 0 Å². The second kappa shape index (κ2) is 6.50. The van der Waals surface area contributed by atoms with Gasteiger partial charge in [0, 0.05) is 12.7 Å². The number of carbonyl (C=O) groups is 1. The van der Waals surface area contributed by atoms with E-state index in [9.17, 15) is 4.79 Å². The number of hydrogen-bond acceptors (Lipinski definition) is 4. The SMILES string of the molecule is Cc1ncc(C(=O)O)c(NCCCC2CCCC2)n1. The first-order valence-corrected chi connectivity index (χ1v) is 6.97. The number of nitrogens with one attached hydrogen (secondary N) is 1. The molecule has 0 spiro atoms. The smallest absolute Gasteiger partial charge is 0.341 e. The summed E-state index contributed by atoms with van der Waals surface area (Å²) in [5.41, 5.74) is 0.145. The maximum atomic E-state index is 11.1. The van der Waals surface area contributed by atoms with E-state index in [1.807, 2.05) is 0 Å². The lowest BCUT2D eigenvalue weighted by molar-refractivity contribution is 0.0697. The highest BCUT2D eigenvalue weighted by molar-refractivity contribution is 5.92. The molecule has 0 bridgehead atoms. The quantitative estimate of drug-likeness (QED) is 0.772. The van der Waals surface area contributed by atoms with Gasteiger partial charge >= 0.3 is 5.97 Å². The molecule has 1 saturated carbocycles. The van der Waals surface area contributed by atoms with E-state index in [2.05, 4.69) is 15.3 Å². The summed E-state index contributed by atoms with van der Waals surface area (Å²) >= 11 is 0. The van der Waals surface area contributed by atoms with Gasteiger partial charge in [0.25, 0.3) is 0 Å². The molecule has 2 rings (SSSR count). The number of carboxylic acids is 1. The van der Waals surface area contributed by atoms with Crippen LogP contribution in [0.25, 0.3) is 0 Å². The van der Waals surface area contributed by atoms with Gasteiger partial charge in [-0.2, -0.15) is 0 Å². The third-order valence-electron chi connectivity index (χ3n) is 3.70. The molecule has 0 aliphatic heterocycles. The van der Waals surface area contributed by atoms with Crippen LogP contribution in [0.5, 0.6) is 0 Å². The number of carboxylic acid groups (broad SMARTS) is 1. The van der Waals surface area contributed by atoms with Crippen LogP contribution in [-0.4, -0.2) is 27.6 Å². The highest BCUT2D eigenvalue weighted by atomic mass is 16.4. The third kappa shape index (κ3) is 3.91. The molecule has 19 heavy (non-hydrogen) atoms. The van der Waals surface area contributed by atoms with E-state index >= 15 is 0 Å². The minimum Gasteiger partial charge on any atom is -0.477 e. The van der Waals surface area contributed by atoms with Crippen LogP contribution in [0.3, 0.4) is 0 Å². The fourth-order valence-electron chi connectivity index (χ4n) is 2.66. The van der Waals surface area contributed by atoms with Crippen molar-refractivity contribution in [1.82, 2.24) is 9.97 Å². The van der Waals surface area contributed by atoms with Crippen LogP contribution in [0.4, 0.5) is 5.82 Å². The van der Waals surface area contributed by atoms with Crippen LogP contribution in [0.2, 0.25) is 0 Å². The van der Waals surface area contributed by atoms with Crippen molar-refractivity contribution in [1.29, 1.82) is 0 Å². The maximum absolute atomic E-state index is 11.1. The Morgan fingerprint density at radius 2 is 2.21 bits per heavy atom. The fraction of sp³-hybridized carbons (Fsp3) is 0.643. The molecule has 5 nitrogen and oxygen atoms in total. The van der Waals surface area contributed by atoms with E-state index in [-0.39, 0.29) is 5.56 Å². The summed E-state index contributed by atoms with van der Waals surface area (Å²) in [6, 6.07) is 0. The van der Waals surface area contributed by atoms with Gasteiger partial charge in [0.2, 0.25) is 0 Å². The predicted molar refractivity (Wildman–Crippen MR) is 73.4 cm³/mol. The van der Waals surface area contributed by atoms with Crippen molar-refractivity contribution in [3.63, 3.8) is 0 Å². The molecule has 0 amide bonds. The molecule has 5 heteroatoms. The highest BCUT2D eigenvalue weighted by Crippen LogP contribution is 2.28. The number of aromatic nitrogens is 2. The lowest BCUT2D eigenvalue weighted by Gasteiger charge is -2.11. The number of anilines is 1. The van der Waals surface area contributed by atoms with Gasteiger partial charge in [-0.3, -0.25) is 0 Å². The second-order valence-electron chi connectivity index (χ2n) is 5.20. The van der Waals surface area contributed by atoms with Gasteiger partial charge in [-0.05, 0) is 25.7 Å². The zero-order valence-electron chi connectivity index (χ0n) is 11.4. The number of aryl methyl sites for hydroxylation is 1. The van der Waals surface area contributed by atoms with Crippen molar-refractivity contribution < 1.29 is 9.90 Å². The van der Waals surface area contributed by atoms with Crippen molar-refractivity contribution in [3.05, 3.63) is 17.6 Å². The summed E-state index contributed by atoms with van der Waals surface area (Å²) < 4.78 is 0. The first-order valence-electron chi connectivity index (χ1n) is 6.97. The van der Waals surface area contributed by atoms with Crippen molar-refractivity contribution >= 4 is 11.8 Å². The van der Waals surface area contributed by atoms with Crippen LogP contribution in [-0.2, 0) is 0 Å². The van der Waals surface area contributed by atoms with Crippen molar-refractivity contribution in [2.45, 2.75) is 45.4 Å². The van der Waals surface area contributed by atoms with E-state index in [1.165, 1.54) is 38.3 Å². The average molecular weight is 263 g/mol. The van der Waals surface area contributed by atoms with E-state index in [0.717, 1.165) is 18.9 Å². The Bertz CT molecular complexity index is 442. The third-order valence-corrected chi connectivity index (χ3v) is 3.70. The topological polar surface area (TPSA) is 75.1 Å². The average Bonchev–Trinajstić information content (AvgIpc) is 2.87. The predicted octanol–water partition coefficient (Wildman–Crippen LogP) is 2.87. The molecule has 104 valence electrons. The van der Waals surface area contributed by atoms with Gasteiger partial charge in [-0.25, -0.2) is 14.8 Å². The summed E-state index contributed by atoms with van der Waals surface area (Å²) in [5, 5.41) is 12.2. The van der Waals surface area contributed by atoms with Gasteiger partial charge in [0.05, 0.1) is 0 Å². The molecule has 0 saturated heterocycles. The van der Waals surface area contributed by atoms with Gasteiger partial charge in [-0.1, -0.05) is 25.7 Å². The first-order chi connectivity index (χ1) is 9.16. The minimum atomic E-state index is -0.988. The summed E-state index contributed by atoms with van der Waals surface area (Å²) in [7, 11) is 0. The normalized spacial score (nSPS) is 15.6. The zero-order chi connectivity index (χ0) is 13.7. The Balaban J connectivity index is 1.84. The summed E-state index contributed by atoms with van der Waals surface area (Å²) in [5.74, 6) is 0.904. The van der Waals surface area contributed by atoms with Crippen LogP contribution >= 0.6 is 0 Å². The van der Waals surface area contributed by atoms with Gasteiger partial charge in [0.1, 0.15) is 17.2 Å². The molecule has 0 atom stereocenters. The summed E-state index contributed by atoms with van der Waals surface area (Å²) in [6.07, 6.45) is 9.09. The van der Waals surface area contributed by atoms with Crippen molar-refractivity contribution in [2.24, 2.45) is 5.92 Å². The molecule has 1 aliphatic carbocycles. The number of rotatable bonds is 6. The Hall–Kier alpha value is -1.65. The molecule has 0 unspecified atom stereocenters. The zero-order valence-corrected chi connectivity index (χ0v) is 11.4.